The van der Waals surface area contributed by atoms with Gasteiger partial charge in [0.25, 0.3) is 0 Å². The van der Waals surface area contributed by atoms with Crippen molar-refractivity contribution in [2.24, 2.45) is 0 Å². The number of rotatable bonds is 4. The third kappa shape index (κ3) is 7.23. The van der Waals surface area contributed by atoms with E-state index in [1.807, 2.05) is 0 Å². The topological polar surface area (TPSA) is 91.4 Å². The van der Waals surface area contributed by atoms with E-state index < -0.39 is 11.9 Å². The van der Waals surface area contributed by atoms with Crippen LogP contribution in [0.1, 0.15) is 25.7 Å². The van der Waals surface area contributed by atoms with Gasteiger partial charge in [0.1, 0.15) is 6.61 Å². The monoisotopic (exact) mass is 468 g/mol. The van der Waals surface area contributed by atoms with E-state index in [-0.39, 0.29) is 43.4 Å². The maximum absolute atomic E-state index is 12.6. The van der Waals surface area contributed by atoms with Gasteiger partial charge in [-0.05, 0) is 38.8 Å². The molecule has 0 unspecified atom stereocenters. The van der Waals surface area contributed by atoms with Gasteiger partial charge >= 0.3 is 17.8 Å². The van der Waals surface area contributed by atoms with Gasteiger partial charge in [-0.3, -0.25) is 14.5 Å². The number of nitrogens with one attached hydrogen (secondary N) is 1. The second-order valence-electron chi connectivity index (χ2n) is 7.69. The summed E-state index contributed by atoms with van der Waals surface area (Å²) in [7, 11) is 1.32. The summed E-state index contributed by atoms with van der Waals surface area (Å²) in [5.41, 5.74) is 0. The van der Waals surface area contributed by atoms with Gasteiger partial charge < -0.3 is 24.6 Å². The van der Waals surface area contributed by atoms with Crippen LogP contribution in [-0.2, 0) is 23.9 Å². The molecule has 3 aliphatic heterocycles. The Morgan fingerprint density at radius 1 is 0.833 bits per heavy atom. The highest BCUT2D eigenvalue weighted by Crippen LogP contribution is 2.17. The first-order valence-corrected chi connectivity index (χ1v) is 10.3. The SMILES string of the molecule is COC(=O)COC1CCN(C(=O)C(=O)N2CCN(C3CCNCC3)CC2)CC1.Cl.Cl. The third-order valence-corrected chi connectivity index (χ3v) is 6.00. The summed E-state index contributed by atoms with van der Waals surface area (Å²) >= 11 is 0. The highest BCUT2D eigenvalue weighted by atomic mass is 35.5. The van der Waals surface area contributed by atoms with Crippen molar-refractivity contribution >= 4 is 42.6 Å². The second-order valence-corrected chi connectivity index (χ2v) is 7.69. The van der Waals surface area contributed by atoms with Gasteiger partial charge in [-0.25, -0.2) is 4.79 Å². The number of piperidine rings is 2. The number of carbonyl (C=O) groups is 3. The fourth-order valence-electron chi connectivity index (χ4n) is 4.20. The molecule has 0 aromatic heterocycles. The maximum Gasteiger partial charge on any atom is 0.331 e. The molecule has 1 N–H and O–H groups in total. The summed E-state index contributed by atoms with van der Waals surface area (Å²) in [4.78, 5) is 42.1. The van der Waals surface area contributed by atoms with Crippen molar-refractivity contribution in [3.05, 3.63) is 0 Å². The van der Waals surface area contributed by atoms with E-state index in [4.69, 9.17) is 4.74 Å². The Hall–Kier alpha value is -1.13. The van der Waals surface area contributed by atoms with Crippen LogP contribution in [0.3, 0.4) is 0 Å². The number of likely N-dealkylation sites (tertiary alicyclic amines) is 1. The predicted octanol–water partition coefficient (Wildman–Crippen LogP) is -0.0932. The van der Waals surface area contributed by atoms with E-state index in [1.165, 1.54) is 7.11 Å². The molecule has 3 fully saturated rings. The van der Waals surface area contributed by atoms with E-state index in [1.54, 1.807) is 9.80 Å². The standard InChI is InChI=1S/C19H32N4O5.2ClH/c1-27-17(24)14-28-16-4-8-22(9-5-16)18(25)19(26)23-12-10-21(11-13-23)15-2-6-20-7-3-15;;/h15-16,20H,2-14H2,1H3;2*1H. The molecular weight excluding hydrogens is 435 g/mol. The Kier molecular flexibility index (Phi) is 11.9. The average Bonchev–Trinajstić information content (AvgIpc) is 2.77. The van der Waals surface area contributed by atoms with Crippen LogP contribution >= 0.6 is 24.8 Å². The molecule has 3 aliphatic rings. The lowest BCUT2D eigenvalue weighted by molar-refractivity contribution is -0.155. The first-order chi connectivity index (χ1) is 13.6. The van der Waals surface area contributed by atoms with Gasteiger partial charge in [-0.1, -0.05) is 0 Å². The lowest BCUT2D eigenvalue weighted by Gasteiger charge is -2.41. The summed E-state index contributed by atoms with van der Waals surface area (Å²) in [6, 6.07) is 0.596. The fourth-order valence-corrected chi connectivity index (χ4v) is 4.20. The largest absolute Gasteiger partial charge is 0.467 e. The van der Waals surface area contributed by atoms with Crippen molar-refractivity contribution < 1.29 is 23.9 Å². The molecule has 174 valence electrons. The molecule has 3 rings (SSSR count). The molecule has 0 saturated carbocycles. The maximum atomic E-state index is 12.6. The van der Waals surface area contributed by atoms with E-state index in [9.17, 15) is 14.4 Å². The van der Waals surface area contributed by atoms with Crippen molar-refractivity contribution in [1.29, 1.82) is 0 Å². The molecule has 0 aliphatic carbocycles. The smallest absolute Gasteiger partial charge is 0.331 e. The van der Waals surface area contributed by atoms with Crippen molar-refractivity contribution in [1.82, 2.24) is 20.0 Å². The van der Waals surface area contributed by atoms with E-state index >= 15 is 0 Å². The summed E-state index contributed by atoms with van der Waals surface area (Å²) in [6.07, 6.45) is 3.48. The second kappa shape index (κ2) is 13.3. The lowest BCUT2D eigenvalue weighted by atomic mass is 10.0. The number of ether oxygens (including phenoxy) is 2. The van der Waals surface area contributed by atoms with Gasteiger partial charge in [0.2, 0.25) is 0 Å². The molecule has 0 aromatic rings. The number of hydrogen-bond acceptors (Lipinski definition) is 7. The zero-order valence-electron chi connectivity index (χ0n) is 17.5. The molecule has 3 heterocycles. The number of amides is 2. The minimum atomic E-state index is -0.415. The molecule has 0 bridgehead atoms. The van der Waals surface area contributed by atoms with Crippen LogP contribution < -0.4 is 5.32 Å². The number of piperazine rings is 1. The summed E-state index contributed by atoms with van der Waals surface area (Å²) in [5.74, 6) is -1.21. The van der Waals surface area contributed by atoms with Crippen LogP contribution in [0, 0.1) is 0 Å². The van der Waals surface area contributed by atoms with Crippen LogP contribution in [0.4, 0.5) is 0 Å². The third-order valence-electron chi connectivity index (χ3n) is 6.00. The first kappa shape index (κ1) is 26.9. The van der Waals surface area contributed by atoms with Crippen molar-refractivity contribution in [3.8, 4) is 0 Å². The van der Waals surface area contributed by atoms with Crippen LogP contribution in [0.25, 0.3) is 0 Å². The zero-order valence-corrected chi connectivity index (χ0v) is 19.2. The number of halogens is 2. The Balaban J connectivity index is 0.00000225. The van der Waals surface area contributed by atoms with Crippen molar-refractivity contribution in [3.63, 3.8) is 0 Å². The zero-order chi connectivity index (χ0) is 19.9. The van der Waals surface area contributed by atoms with Gasteiger partial charge in [0.15, 0.2) is 0 Å². The molecule has 2 amide bonds. The van der Waals surface area contributed by atoms with Crippen LogP contribution in [0.5, 0.6) is 0 Å². The highest BCUT2D eigenvalue weighted by Gasteiger charge is 2.33. The first-order valence-electron chi connectivity index (χ1n) is 10.3. The lowest BCUT2D eigenvalue weighted by Crippen LogP contribution is -2.57. The van der Waals surface area contributed by atoms with Gasteiger partial charge in [-0.15, -0.1) is 24.8 Å². The molecule has 0 radical (unpaired) electrons. The number of hydrogen-bond donors (Lipinski definition) is 1. The Morgan fingerprint density at radius 2 is 1.37 bits per heavy atom. The summed E-state index contributed by atoms with van der Waals surface area (Å²) in [6.45, 7) is 5.91. The molecule has 3 saturated heterocycles. The molecule has 11 heteroatoms. The molecule has 9 nitrogen and oxygen atoms in total. The van der Waals surface area contributed by atoms with Gasteiger partial charge in [-0.2, -0.15) is 0 Å². The Morgan fingerprint density at radius 3 is 1.90 bits per heavy atom. The Bertz CT molecular complexity index is 561. The molecule has 30 heavy (non-hydrogen) atoms. The van der Waals surface area contributed by atoms with E-state index in [2.05, 4.69) is 15.0 Å². The highest BCUT2D eigenvalue weighted by molar-refractivity contribution is 6.34. The van der Waals surface area contributed by atoms with Crippen LogP contribution in [0.2, 0.25) is 0 Å². The van der Waals surface area contributed by atoms with E-state index in [0.717, 1.165) is 39.0 Å². The molecule has 0 atom stereocenters. The van der Waals surface area contributed by atoms with Crippen molar-refractivity contribution in [2.75, 3.05) is 66.1 Å². The number of carbonyl (C=O) groups excluding carboxylic acids is 3. The molecule has 0 aromatic carbocycles. The van der Waals surface area contributed by atoms with E-state index in [0.29, 0.717) is 45.1 Å². The summed E-state index contributed by atoms with van der Waals surface area (Å²) in [5, 5.41) is 3.38. The van der Waals surface area contributed by atoms with Gasteiger partial charge in [0, 0.05) is 45.3 Å². The normalized spacial score (nSPS) is 21.4. The minimum absolute atomic E-state index is 0. The minimum Gasteiger partial charge on any atom is -0.467 e. The van der Waals surface area contributed by atoms with Crippen molar-refractivity contribution in [2.45, 2.75) is 37.8 Å². The van der Waals surface area contributed by atoms with Crippen LogP contribution in [0.15, 0.2) is 0 Å². The molecule has 0 spiro atoms. The predicted molar refractivity (Wildman–Crippen MR) is 116 cm³/mol. The fraction of sp³-hybridized carbons (Fsp3) is 0.842. The number of nitrogens with zero attached hydrogens (tertiary/aromatic N) is 3. The molecular formula is C19H34Cl2N4O5. The number of esters is 1. The van der Waals surface area contributed by atoms with Gasteiger partial charge in [0.05, 0.1) is 13.2 Å². The van der Waals surface area contributed by atoms with Crippen LogP contribution in [-0.4, -0.2) is 111 Å². The Labute approximate surface area is 190 Å². The quantitative estimate of drug-likeness (QED) is 0.455. The number of methoxy groups -OCH3 is 1. The summed E-state index contributed by atoms with van der Waals surface area (Å²) < 4.78 is 10.1. The average molecular weight is 469 g/mol.